The van der Waals surface area contributed by atoms with E-state index in [0.29, 0.717) is 0 Å². The molecular formula is C7H14NO7P. The van der Waals surface area contributed by atoms with Gasteiger partial charge in [0.25, 0.3) is 0 Å². The number of amides is 1. The molecule has 8 nitrogen and oxygen atoms in total. The molecule has 5 atom stereocenters. The topological polar surface area (TPSA) is 136 Å². The van der Waals surface area contributed by atoms with Gasteiger partial charge in [-0.3, -0.25) is 13.9 Å². The minimum absolute atomic E-state index is 0.642. The van der Waals surface area contributed by atoms with Crippen LogP contribution in [0.1, 0.15) is 6.92 Å². The molecule has 1 unspecified atom stereocenters. The molecule has 0 aliphatic carbocycles. The third-order valence-electron chi connectivity index (χ3n) is 2.22. The number of aliphatic hydroxyl groups excluding tert-OH is 3. The maximum atomic E-state index is 11.6. The van der Waals surface area contributed by atoms with E-state index in [9.17, 15) is 24.5 Å². The van der Waals surface area contributed by atoms with Crippen molar-refractivity contribution in [2.24, 2.45) is 0 Å². The molecule has 9 heteroatoms. The molecule has 5 N–H and O–H groups in total. The van der Waals surface area contributed by atoms with Gasteiger partial charge in [-0.25, -0.2) is 0 Å². The van der Waals surface area contributed by atoms with Crippen LogP contribution < -0.4 is 5.32 Å². The second kappa shape index (κ2) is 4.79. The molecule has 0 spiro atoms. The van der Waals surface area contributed by atoms with E-state index in [2.05, 4.69) is 4.52 Å². The van der Waals surface area contributed by atoms with Crippen LogP contribution in [0.5, 0.6) is 0 Å². The van der Waals surface area contributed by atoms with Gasteiger partial charge in [0.15, 0.2) is 5.78 Å². The summed E-state index contributed by atoms with van der Waals surface area (Å²) in [5, 5.41) is 29.8. The molecule has 0 aromatic carbocycles. The summed E-state index contributed by atoms with van der Waals surface area (Å²) in [4.78, 5) is 20.2. The van der Waals surface area contributed by atoms with Crippen LogP contribution >= 0.6 is 7.60 Å². The van der Waals surface area contributed by atoms with Gasteiger partial charge < -0.3 is 25.5 Å². The van der Waals surface area contributed by atoms with Gasteiger partial charge in [-0.15, -0.1) is 0 Å². The first kappa shape index (κ1) is 13.6. The maximum absolute atomic E-state index is 11.6. The average Bonchev–Trinajstić information content (AvgIpc) is 2.18. The lowest BCUT2D eigenvalue weighted by molar-refractivity contribution is -0.124. The Morgan fingerprint density at radius 1 is 1.44 bits per heavy atom. The third-order valence-corrected chi connectivity index (χ3v) is 3.93. The van der Waals surface area contributed by atoms with Crippen molar-refractivity contribution < 1.29 is 34.1 Å². The summed E-state index contributed by atoms with van der Waals surface area (Å²) in [7, 11) is -4.32. The van der Waals surface area contributed by atoms with Crippen molar-refractivity contribution in [2.45, 2.75) is 31.0 Å². The van der Waals surface area contributed by atoms with Gasteiger partial charge in [-0.2, -0.15) is 0 Å². The highest BCUT2D eigenvalue weighted by Gasteiger charge is 2.51. The van der Waals surface area contributed by atoms with Crippen LogP contribution in [0.25, 0.3) is 0 Å². The number of aliphatic hydroxyl groups is 3. The first-order chi connectivity index (χ1) is 7.29. The van der Waals surface area contributed by atoms with Crippen LogP contribution in [-0.4, -0.2) is 56.8 Å². The zero-order valence-electron chi connectivity index (χ0n) is 8.48. The van der Waals surface area contributed by atoms with Crippen LogP contribution in [-0.2, 0) is 13.9 Å². The highest BCUT2D eigenvalue weighted by Crippen LogP contribution is 2.52. The largest absolute Gasteiger partial charge is 0.394 e. The van der Waals surface area contributed by atoms with Gasteiger partial charge in [-0.1, -0.05) is 0 Å². The molecule has 1 amide bonds. The molecule has 1 heterocycles. The Balaban J connectivity index is 2.92. The summed E-state index contributed by atoms with van der Waals surface area (Å²) >= 11 is 0. The zero-order valence-corrected chi connectivity index (χ0v) is 9.37. The number of nitrogens with one attached hydrogen (secondary N) is 1. The number of rotatable bonds is 2. The molecule has 1 saturated heterocycles. The molecule has 0 radical (unpaired) electrons. The Kier molecular flexibility index (Phi) is 4.06. The predicted octanol–water partition coefficient (Wildman–Crippen LogP) is -2.25. The summed E-state index contributed by atoms with van der Waals surface area (Å²) in [6, 6.07) is 0. The normalized spacial score (nSPS) is 44.1. The minimum Gasteiger partial charge on any atom is -0.394 e. The molecule has 1 aliphatic rings. The van der Waals surface area contributed by atoms with Crippen LogP contribution in [0, 0.1) is 0 Å². The second-order valence-corrected chi connectivity index (χ2v) is 5.41. The predicted molar refractivity (Wildman–Crippen MR) is 51.4 cm³/mol. The standard InChI is InChI=1S/C7H14NO7P/c1-3(10)8-7-6(12)5(11)4(2-9)15-16(7,13)14/h4-7,9,11-12H,2H2,1H3,(H,8,10)(H,13,14)/t4-,5-,6+,7+/m1/s1. The van der Waals surface area contributed by atoms with E-state index in [4.69, 9.17) is 5.11 Å². The van der Waals surface area contributed by atoms with Gasteiger partial charge in [0.05, 0.1) is 6.61 Å². The monoisotopic (exact) mass is 255 g/mol. The van der Waals surface area contributed by atoms with Gasteiger partial charge in [0, 0.05) is 6.92 Å². The summed E-state index contributed by atoms with van der Waals surface area (Å²) in [5.74, 6) is -2.24. The van der Waals surface area contributed by atoms with Crippen LogP contribution in [0.4, 0.5) is 0 Å². The highest BCUT2D eigenvalue weighted by molar-refractivity contribution is 7.53. The molecule has 0 saturated carbocycles. The van der Waals surface area contributed by atoms with Crippen LogP contribution in [0.15, 0.2) is 0 Å². The fraction of sp³-hybridized carbons (Fsp3) is 0.857. The smallest absolute Gasteiger partial charge is 0.353 e. The lowest BCUT2D eigenvalue weighted by Gasteiger charge is -2.39. The van der Waals surface area contributed by atoms with Crippen molar-refractivity contribution in [1.82, 2.24) is 5.32 Å². The molecule has 16 heavy (non-hydrogen) atoms. The molecule has 1 aliphatic heterocycles. The van der Waals surface area contributed by atoms with Crippen molar-refractivity contribution in [2.75, 3.05) is 6.61 Å². The molecule has 1 fully saturated rings. The maximum Gasteiger partial charge on any atom is 0.353 e. The van der Waals surface area contributed by atoms with E-state index >= 15 is 0 Å². The molecule has 0 aromatic rings. The highest BCUT2D eigenvalue weighted by atomic mass is 31.2. The van der Waals surface area contributed by atoms with Crippen molar-refractivity contribution in [3.8, 4) is 0 Å². The first-order valence-electron chi connectivity index (χ1n) is 4.54. The van der Waals surface area contributed by atoms with E-state index < -0.39 is 44.2 Å². The summed E-state index contributed by atoms with van der Waals surface area (Å²) in [5.41, 5.74) is 0. The summed E-state index contributed by atoms with van der Waals surface area (Å²) in [6.07, 6.45) is -4.57. The van der Waals surface area contributed by atoms with Crippen molar-refractivity contribution in [1.29, 1.82) is 0 Å². The van der Waals surface area contributed by atoms with Crippen LogP contribution in [0.3, 0.4) is 0 Å². The molecule has 0 aromatic heterocycles. The fourth-order valence-corrected chi connectivity index (χ4v) is 3.06. The third kappa shape index (κ3) is 2.60. The number of hydrogen-bond donors (Lipinski definition) is 5. The lowest BCUT2D eigenvalue weighted by atomic mass is 10.1. The fourth-order valence-electron chi connectivity index (χ4n) is 1.44. The van der Waals surface area contributed by atoms with E-state index in [1.54, 1.807) is 0 Å². The Labute approximate surface area is 91.4 Å². The Morgan fingerprint density at radius 3 is 2.44 bits per heavy atom. The molecule has 0 bridgehead atoms. The number of hydrogen-bond acceptors (Lipinski definition) is 6. The van der Waals surface area contributed by atoms with E-state index in [-0.39, 0.29) is 0 Å². The minimum atomic E-state index is -4.32. The second-order valence-electron chi connectivity index (χ2n) is 3.52. The van der Waals surface area contributed by atoms with Crippen molar-refractivity contribution >= 4 is 13.5 Å². The molecule has 1 rings (SSSR count). The molecular weight excluding hydrogens is 241 g/mol. The van der Waals surface area contributed by atoms with Crippen molar-refractivity contribution in [3.63, 3.8) is 0 Å². The lowest BCUT2D eigenvalue weighted by Crippen LogP contribution is -2.56. The number of carbonyl (C=O) groups excluding carboxylic acids is 1. The Bertz CT molecular complexity index is 322. The first-order valence-corrected chi connectivity index (χ1v) is 6.19. The van der Waals surface area contributed by atoms with Gasteiger partial charge >= 0.3 is 7.60 Å². The van der Waals surface area contributed by atoms with Gasteiger partial charge in [0.1, 0.15) is 18.3 Å². The Hall–Kier alpha value is -0.500. The molecule has 94 valence electrons. The van der Waals surface area contributed by atoms with E-state index in [1.165, 1.54) is 0 Å². The Morgan fingerprint density at radius 2 is 2.00 bits per heavy atom. The van der Waals surface area contributed by atoms with Crippen molar-refractivity contribution in [3.05, 3.63) is 0 Å². The zero-order chi connectivity index (χ0) is 12.5. The average molecular weight is 255 g/mol. The SMILES string of the molecule is CC(=O)N[C@@H]1[C@@H](O)[C@H](O)[C@@H](CO)OP1(=O)O. The van der Waals surface area contributed by atoms with E-state index in [0.717, 1.165) is 6.92 Å². The van der Waals surface area contributed by atoms with Crippen LogP contribution in [0.2, 0.25) is 0 Å². The quantitative estimate of drug-likeness (QED) is 0.351. The van der Waals surface area contributed by atoms with E-state index in [1.807, 2.05) is 5.32 Å². The van der Waals surface area contributed by atoms with Gasteiger partial charge in [-0.05, 0) is 0 Å². The summed E-state index contributed by atoms with van der Waals surface area (Å²) in [6.45, 7) is 0.382. The van der Waals surface area contributed by atoms with Gasteiger partial charge in [0.2, 0.25) is 5.91 Å². The summed E-state index contributed by atoms with van der Waals surface area (Å²) < 4.78 is 16.1. The number of carbonyl (C=O) groups is 1.